The molecule has 3 saturated heterocycles. The average Bonchev–Trinajstić information content (AvgIpc) is 3.02. The highest BCUT2D eigenvalue weighted by Crippen LogP contribution is 2.32. The first kappa shape index (κ1) is 14.3. The molecule has 3 fully saturated rings. The topological polar surface area (TPSA) is 35.6 Å². The number of amides is 1. The molecule has 0 saturated carbocycles. The fourth-order valence-corrected chi connectivity index (χ4v) is 4.11. The third-order valence-corrected chi connectivity index (χ3v) is 5.63. The van der Waals surface area contributed by atoms with Crippen molar-refractivity contribution in [3.63, 3.8) is 0 Å². The molecule has 0 radical (unpaired) electrons. The van der Waals surface area contributed by atoms with E-state index in [1.165, 1.54) is 38.8 Å². The van der Waals surface area contributed by atoms with Crippen molar-refractivity contribution in [2.24, 2.45) is 5.41 Å². The van der Waals surface area contributed by atoms with Crippen LogP contribution in [0.3, 0.4) is 0 Å². The Morgan fingerprint density at radius 2 is 1.65 bits per heavy atom. The summed E-state index contributed by atoms with van der Waals surface area (Å²) in [5.41, 5.74) is -0.105. The normalized spacial score (nSPS) is 28.8. The van der Waals surface area contributed by atoms with Gasteiger partial charge in [-0.25, -0.2) is 0 Å². The zero-order valence-electron chi connectivity index (χ0n) is 12.9. The summed E-state index contributed by atoms with van der Waals surface area (Å²) >= 11 is 0. The van der Waals surface area contributed by atoms with Gasteiger partial charge in [0.15, 0.2) is 0 Å². The highest BCUT2D eigenvalue weighted by atomic mass is 16.2. The molecular weight excluding hydrogens is 250 g/mol. The minimum absolute atomic E-state index is 0.105. The van der Waals surface area contributed by atoms with Gasteiger partial charge in [-0.15, -0.1) is 0 Å². The van der Waals surface area contributed by atoms with Crippen molar-refractivity contribution in [1.29, 1.82) is 0 Å². The first-order valence-corrected chi connectivity index (χ1v) is 8.43. The number of nitrogens with zero attached hydrogens (tertiary/aromatic N) is 2. The Morgan fingerprint density at radius 1 is 1.05 bits per heavy atom. The Balaban J connectivity index is 1.53. The number of rotatable bonds is 2. The predicted octanol–water partition coefficient (Wildman–Crippen LogP) is 1.46. The number of carbonyl (C=O) groups is 1. The van der Waals surface area contributed by atoms with Crippen LogP contribution in [0.2, 0.25) is 0 Å². The van der Waals surface area contributed by atoms with Crippen molar-refractivity contribution in [3.8, 4) is 0 Å². The summed E-state index contributed by atoms with van der Waals surface area (Å²) in [4.78, 5) is 17.6. The van der Waals surface area contributed by atoms with Crippen LogP contribution in [0.1, 0.15) is 45.4 Å². The zero-order valence-corrected chi connectivity index (χ0v) is 12.9. The van der Waals surface area contributed by atoms with Crippen molar-refractivity contribution in [2.45, 2.75) is 51.5 Å². The second-order valence-corrected chi connectivity index (χ2v) is 7.08. The summed E-state index contributed by atoms with van der Waals surface area (Å²) in [6.45, 7) is 8.66. The van der Waals surface area contributed by atoms with Gasteiger partial charge in [0.1, 0.15) is 0 Å². The lowest BCUT2D eigenvalue weighted by atomic mass is 9.79. The van der Waals surface area contributed by atoms with Crippen LogP contribution < -0.4 is 5.32 Å². The molecule has 0 aliphatic carbocycles. The molecule has 0 aromatic rings. The minimum Gasteiger partial charge on any atom is -0.342 e. The van der Waals surface area contributed by atoms with E-state index in [-0.39, 0.29) is 5.41 Å². The summed E-state index contributed by atoms with van der Waals surface area (Å²) in [6, 6.07) is 0.738. The highest BCUT2D eigenvalue weighted by Gasteiger charge is 2.39. The molecule has 4 nitrogen and oxygen atoms in total. The quantitative estimate of drug-likeness (QED) is 0.831. The number of nitrogens with one attached hydrogen (secondary N) is 1. The molecule has 0 aromatic heterocycles. The van der Waals surface area contributed by atoms with E-state index in [4.69, 9.17) is 0 Å². The summed E-state index contributed by atoms with van der Waals surface area (Å²) in [5, 5.41) is 3.36. The van der Waals surface area contributed by atoms with Crippen LogP contribution in [0.4, 0.5) is 0 Å². The average molecular weight is 279 g/mol. The predicted molar refractivity (Wildman–Crippen MR) is 80.6 cm³/mol. The molecule has 1 N–H and O–H groups in total. The standard InChI is InChI=1S/C16H29N3O/c1-16(6-8-17-9-7-16)15(20)19-12-4-14(5-13-19)18-10-2-3-11-18/h14,17H,2-13H2,1H3. The van der Waals surface area contributed by atoms with Crippen LogP contribution in [0.15, 0.2) is 0 Å². The molecule has 0 aromatic carbocycles. The van der Waals surface area contributed by atoms with Gasteiger partial charge in [-0.05, 0) is 64.7 Å². The molecule has 3 rings (SSSR count). The van der Waals surface area contributed by atoms with Crippen molar-refractivity contribution >= 4 is 5.91 Å². The van der Waals surface area contributed by atoms with E-state index in [0.29, 0.717) is 5.91 Å². The Hall–Kier alpha value is -0.610. The van der Waals surface area contributed by atoms with Crippen LogP contribution in [0.5, 0.6) is 0 Å². The van der Waals surface area contributed by atoms with Gasteiger partial charge in [0.05, 0.1) is 0 Å². The molecule has 1 amide bonds. The fourth-order valence-electron chi connectivity index (χ4n) is 4.11. The van der Waals surface area contributed by atoms with Crippen LogP contribution in [0, 0.1) is 5.41 Å². The number of piperidine rings is 2. The zero-order chi connectivity index (χ0) is 14.0. The van der Waals surface area contributed by atoms with E-state index in [0.717, 1.165) is 45.1 Å². The first-order valence-electron chi connectivity index (χ1n) is 8.43. The van der Waals surface area contributed by atoms with Crippen molar-refractivity contribution in [2.75, 3.05) is 39.3 Å². The maximum absolute atomic E-state index is 12.8. The Kier molecular flexibility index (Phi) is 4.32. The Morgan fingerprint density at radius 3 is 2.25 bits per heavy atom. The van der Waals surface area contributed by atoms with Gasteiger partial charge < -0.3 is 15.1 Å². The summed E-state index contributed by atoms with van der Waals surface area (Å²) in [6.07, 6.45) is 7.09. The molecule has 4 heteroatoms. The van der Waals surface area contributed by atoms with Crippen LogP contribution >= 0.6 is 0 Å². The van der Waals surface area contributed by atoms with Gasteiger partial charge >= 0.3 is 0 Å². The SMILES string of the molecule is CC1(C(=O)N2CCC(N3CCCC3)CC2)CCNCC1. The van der Waals surface area contributed by atoms with E-state index in [2.05, 4.69) is 22.0 Å². The van der Waals surface area contributed by atoms with E-state index >= 15 is 0 Å². The third-order valence-electron chi connectivity index (χ3n) is 5.63. The summed E-state index contributed by atoms with van der Waals surface area (Å²) < 4.78 is 0. The monoisotopic (exact) mass is 279 g/mol. The maximum atomic E-state index is 12.8. The smallest absolute Gasteiger partial charge is 0.228 e. The molecule has 3 aliphatic rings. The second-order valence-electron chi connectivity index (χ2n) is 7.08. The van der Waals surface area contributed by atoms with Gasteiger partial charge in [0.25, 0.3) is 0 Å². The molecule has 114 valence electrons. The van der Waals surface area contributed by atoms with Crippen molar-refractivity contribution in [1.82, 2.24) is 15.1 Å². The molecule has 0 spiro atoms. The molecule has 0 unspecified atom stereocenters. The van der Waals surface area contributed by atoms with E-state index in [1.54, 1.807) is 0 Å². The largest absolute Gasteiger partial charge is 0.342 e. The number of likely N-dealkylation sites (tertiary alicyclic amines) is 2. The molecule has 3 heterocycles. The lowest BCUT2D eigenvalue weighted by molar-refractivity contribution is -0.144. The van der Waals surface area contributed by atoms with Crippen LogP contribution in [0.25, 0.3) is 0 Å². The van der Waals surface area contributed by atoms with E-state index < -0.39 is 0 Å². The number of hydrogen-bond donors (Lipinski definition) is 1. The summed E-state index contributed by atoms with van der Waals surface area (Å²) in [7, 11) is 0. The lowest BCUT2D eigenvalue weighted by Crippen LogP contribution is -2.52. The highest BCUT2D eigenvalue weighted by molar-refractivity contribution is 5.82. The molecule has 3 aliphatic heterocycles. The van der Waals surface area contributed by atoms with E-state index in [1.807, 2.05) is 0 Å². The van der Waals surface area contributed by atoms with Gasteiger partial charge in [-0.3, -0.25) is 4.79 Å². The van der Waals surface area contributed by atoms with Crippen LogP contribution in [-0.4, -0.2) is 61.0 Å². The second kappa shape index (κ2) is 6.02. The molecular formula is C16H29N3O. The maximum Gasteiger partial charge on any atom is 0.228 e. The Labute approximate surface area is 122 Å². The van der Waals surface area contributed by atoms with Crippen molar-refractivity contribution < 1.29 is 4.79 Å². The summed E-state index contributed by atoms with van der Waals surface area (Å²) in [5.74, 6) is 0.416. The first-order chi connectivity index (χ1) is 9.69. The number of hydrogen-bond acceptors (Lipinski definition) is 3. The van der Waals surface area contributed by atoms with Gasteiger partial charge in [-0.2, -0.15) is 0 Å². The van der Waals surface area contributed by atoms with Crippen LogP contribution in [-0.2, 0) is 4.79 Å². The Bertz CT molecular complexity index is 338. The molecule has 0 atom stereocenters. The molecule has 20 heavy (non-hydrogen) atoms. The van der Waals surface area contributed by atoms with E-state index in [9.17, 15) is 4.79 Å². The fraction of sp³-hybridized carbons (Fsp3) is 0.938. The minimum atomic E-state index is -0.105. The van der Waals surface area contributed by atoms with Gasteiger partial charge in [-0.1, -0.05) is 6.92 Å². The lowest BCUT2D eigenvalue weighted by Gasteiger charge is -2.42. The number of carbonyl (C=O) groups excluding carboxylic acids is 1. The van der Waals surface area contributed by atoms with Crippen molar-refractivity contribution in [3.05, 3.63) is 0 Å². The third kappa shape index (κ3) is 2.86. The van der Waals surface area contributed by atoms with Gasteiger partial charge in [0.2, 0.25) is 5.91 Å². The van der Waals surface area contributed by atoms with Gasteiger partial charge in [0, 0.05) is 24.5 Å². The molecule has 0 bridgehead atoms.